The van der Waals surface area contributed by atoms with Gasteiger partial charge in [0, 0.05) is 24.7 Å². The van der Waals surface area contributed by atoms with Gasteiger partial charge in [-0.05, 0) is 37.1 Å². The third-order valence-electron chi connectivity index (χ3n) is 4.40. The zero-order valence-electron chi connectivity index (χ0n) is 13.7. The quantitative estimate of drug-likeness (QED) is 0.759. The van der Waals surface area contributed by atoms with Crippen LogP contribution in [0.3, 0.4) is 0 Å². The van der Waals surface area contributed by atoms with E-state index in [1.165, 1.54) is 19.1 Å². The molecule has 1 fully saturated rings. The van der Waals surface area contributed by atoms with E-state index >= 15 is 0 Å². The highest BCUT2D eigenvalue weighted by Gasteiger charge is 2.18. The van der Waals surface area contributed by atoms with E-state index in [1.807, 2.05) is 24.3 Å². The fraction of sp³-hybridized carbons (Fsp3) is 0.278. The molecule has 1 aliphatic rings. The summed E-state index contributed by atoms with van der Waals surface area (Å²) in [5, 5.41) is 3.80. The number of pyridine rings is 1. The maximum Gasteiger partial charge on any atom is 0.277 e. The third-order valence-corrected chi connectivity index (χ3v) is 4.40. The summed E-state index contributed by atoms with van der Waals surface area (Å²) in [7, 11) is 0. The molecular weight excluding hydrogens is 318 g/mol. The van der Waals surface area contributed by atoms with Gasteiger partial charge in [-0.25, -0.2) is 4.98 Å². The largest absolute Gasteiger partial charge is 0.447 e. The van der Waals surface area contributed by atoms with Crippen LogP contribution >= 0.6 is 0 Å². The minimum Gasteiger partial charge on any atom is -0.447 e. The summed E-state index contributed by atoms with van der Waals surface area (Å²) in [6.07, 6.45) is 5.49. The molecule has 0 radical (unpaired) electrons. The minimum atomic E-state index is -0.331. The Kier molecular flexibility index (Phi) is 4.07. The van der Waals surface area contributed by atoms with Gasteiger partial charge in [-0.3, -0.25) is 9.78 Å². The smallest absolute Gasteiger partial charge is 0.277 e. The highest BCUT2D eigenvalue weighted by atomic mass is 16.3. The molecule has 1 amide bonds. The van der Waals surface area contributed by atoms with Gasteiger partial charge in [-0.1, -0.05) is 0 Å². The average molecular weight is 337 g/mol. The van der Waals surface area contributed by atoms with Crippen molar-refractivity contribution < 1.29 is 9.21 Å². The van der Waals surface area contributed by atoms with Gasteiger partial charge in [0.25, 0.3) is 5.91 Å². The van der Waals surface area contributed by atoms with Crippen molar-refractivity contribution in [3.63, 3.8) is 0 Å². The van der Waals surface area contributed by atoms with E-state index in [-0.39, 0.29) is 18.1 Å². The van der Waals surface area contributed by atoms with Crippen LogP contribution in [0.4, 0.5) is 11.4 Å². The second kappa shape index (κ2) is 6.52. The van der Waals surface area contributed by atoms with Crippen molar-refractivity contribution >= 4 is 28.2 Å². The monoisotopic (exact) mass is 337 g/mol. The molecule has 0 atom stereocenters. The Morgan fingerprint density at radius 3 is 2.88 bits per heavy atom. The number of nitrogens with one attached hydrogen (secondary N) is 1. The molecule has 0 spiro atoms. The van der Waals surface area contributed by atoms with Gasteiger partial charge in [-0.2, -0.15) is 0 Å². The number of anilines is 2. The van der Waals surface area contributed by atoms with Crippen LogP contribution in [0, 0.1) is 0 Å². The zero-order valence-corrected chi connectivity index (χ0v) is 13.7. The molecule has 3 aromatic rings. The minimum absolute atomic E-state index is 0.157. The molecule has 128 valence electrons. The number of aromatic nitrogens is 2. The van der Waals surface area contributed by atoms with E-state index in [1.54, 1.807) is 6.20 Å². The first-order valence-electron chi connectivity index (χ1n) is 8.35. The van der Waals surface area contributed by atoms with Crippen molar-refractivity contribution in [2.45, 2.75) is 19.4 Å². The van der Waals surface area contributed by atoms with Crippen molar-refractivity contribution in [3.8, 4) is 0 Å². The number of carbonyl (C=O) groups excluding carboxylic acids is 1. The Bertz CT molecular complexity index is 915. The zero-order chi connectivity index (χ0) is 17.2. The topological polar surface area (TPSA) is 97.3 Å². The van der Waals surface area contributed by atoms with Gasteiger partial charge in [0.1, 0.15) is 6.26 Å². The van der Waals surface area contributed by atoms with Crippen molar-refractivity contribution in [1.29, 1.82) is 0 Å². The predicted molar refractivity (Wildman–Crippen MR) is 95.5 cm³/mol. The van der Waals surface area contributed by atoms with Gasteiger partial charge >= 0.3 is 0 Å². The summed E-state index contributed by atoms with van der Waals surface area (Å²) in [4.78, 5) is 23.4. The lowest BCUT2D eigenvalue weighted by Crippen LogP contribution is -2.19. The molecule has 2 aromatic heterocycles. The first-order chi connectivity index (χ1) is 12.3. The van der Waals surface area contributed by atoms with Gasteiger partial charge in [0.15, 0.2) is 5.69 Å². The number of oxazole rings is 1. The lowest BCUT2D eigenvalue weighted by atomic mass is 10.1. The van der Waals surface area contributed by atoms with Crippen LogP contribution in [-0.4, -0.2) is 29.0 Å². The van der Waals surface area contributed by atoms with Crippen molar-refractivity contribution in [2.24, 2.45) is 5.73 Å². The molecule has 7 heteroatoms. The number of nitrogens with zero attached hydrogens (tertiary/aromatic N) is 3. The highest BCUT2D eigenvalue weighted by molar-refractivity contribution is 6.09. The first-order valence-corrected chi connectivity index (χ1v) is 8.35. The third kappa shape index (κ3) is 2.94. The fourth-order valence-corrected chi connectivity index (χ4v) is 3.18. The maximum absolute atomic E-state index is 12.4. The van der Waals surface area contributed by atoms with Gasteiger partial charge < -0.3 is 20.4 Å². The molecule has 25 heavy (non-hydrogen) atoms. The molecule has 0 saturated carbocycles. The van der Waals surface area contributed by atoms with Crippen molar-refractivity contribution in [2.75, 3.05) is 23.3 Å². The number of fused-ring (bicyclic) bond motifs is 1. The van der Waals surface area contributed by atoms with E-state index in [0.717, 1.165) is 29.7 Å². The highest BCUT2D eigenvalue weighted by Crippen LogP contribution is 2.32. The van der Waals surface area contributed by atoms with E-state index in [2.05, 4.69) is 20.2 Å². The molecule has 0 unspecified atom stereocenters. The molecule has 1 aliphatic heterocycles. The van der Waals surface area contributed by atoms with Crippen molar-refractivity contribution in [1.82, 2.24) is 9.97 Å². The number of amides is 1. The van der Waals surface area contributed by atoms with Crippen LogP contribution in [0.15, 0.2) is 41.1 Å². The molecule has 1 aromatic carbocycles. The fourth-order valence-electron chi connectivity index (χ4n) is 3.18. The first kappa shape index (κ1) is 15.6. The Balaban J connectivity index is 1.68. The van der Waals surface area contributed by atoms with Crippen LogP contribution < -0.4 is 16.0 Å². The second-order valence-corrected chi connectivity index (χ2v) is 6.01. The molecule has 0 aliphatic carbocycles. The average Bonchev–Trinajstić information content (AvgIpc) is 3.34. The summed E-state index contributed by atoms with van der Waals surface area (Å²) in [5.41, 5.74) is 8.38. The van der Waals surface area contributed by atoms with Crippen LogP contribution in [0.5, 0.6) is 0 Å². The normalized spacial score (nSPS) is 14.2. The molecular formula is C18H19N5O2. The SMILES string of the molecule is NCc1nc(C(=O)Nc2ccc(N3CCCC3)c3ncccc23)co1. The van der Waals surface area contributed by atoms with E-state index in [0.29, 0.717) is 11.6 Å². The van der Waals surface area contributed by atoms with Gasteiger partial charge in [-0.15, -0.1) is 0 Å². The Morgan fingerprint density at radius 1 is 1.28 bits per heavy atom. The lowest BCUT2D eigenvalue weighted by molar-refractivity contribution is 0.102. The van der Waals surface area contributed by atoms with Gasteiger partial charge in [0.05, 0.1) is 23.4 Å². The van der Waals surface area contributed by atoms with E-state index in [9.17, 15) is 4.79 Å². The summed E-state index contributed by atoms with van der Waals surface area (Å²) < 4.78 is 5.13. The summed E-state index contributed by atoms with van der Waals surface area (Å²) in [6.45, 7) is 2.24. The molecule has 3 N–H and O–H groups in total. The molecule has 7 nitrogen and oxygen atoms in total. The summed E-state index contributed by atoms with van der Waals surface area (Å²) >= 11 is 0. The Morgan fingerprint density at radius 2 is 2.12 bits per heavy atom. The number of nitrogens with two attached hydrogens (primary N) is 1. The Hall–Kier alpha value is -2.93. The number of hydrogen-bond acceptors (Lipinski definition) is 6. The number of rotatable bonds is 4. The van der Waals surface area contributed by atoms with Crippen LogP contribution in [0.2, 0.25) is 0 Å². The number of hydrogen-bond donors (Lipinski definition) is 2. The number of carbonyl (C=O) groups is 1. The van der Waals surface area contributed by atoms with E-state index < -0.39 is 0 Å². The second-order valence-electron chi connectivity index (χ2n) is 6.01. The molecule has 3 heterocycles. The molecule has 4 rings (SSSR count). The lowest BCUT2D eigenvalue weighted by Gasteiger charge is -2.20. The Labute approximate surface area is 144 Å². The van der Waals surface area contributed by atoms with Crippen LogP contribution in [0.25, 0.3) is 10.9 Å². The maximum atomic E-state index is 12.4. The standard InChI is InChI=1S/C18H19N5O2/c19-10-16-21-14(11-25-16)18(24)22-13-5-6-15(23-8-1-2-9-23)17-12(13)4-3-7-20-17/h3-7,11H,1-2,8-10,19H2,(H,22,24). The molecule has 1 saturated heterocycles. The van der Waals surface area contributed by atoms with Crippen molar-refractivity contribution in [3.05, 3.63) is 48.3 Å². The van der Waals surface area contributed by atoms with Crippen LogP contribution in [0.1, 0.15) is 29.2 Å². The number of benzene rings is 1. The van der Waals surface area contributed by atoms with Gasteiger partial charge in [0.2, 0.25) is 5.89 Å². The predicted octanol–water partition coefficient (Wildman–Crippen LogP) is 2.53. The summed E-state index contributed by atoms with van der Waals surface area (Å²) in [6, 6.07) is 7.77. The molecule has 0 bridgehead atoms. The van der Waals surface area contributed by atoms with E-state index in [4.69, 9.17) is 10.2 Å². The summed E-state index contributed by atoms with van der Waals surface area (Å²) in [5.74, 6) is 0.00332. The van der Waals surface area contributed by atoms with Crippen LogP contribution in [-0.2, 0) is 6.54 Å².